The van der Waals surface area contributed by atoms with Gasteiger partial charge in [0.2, 0.25) is 0 Å². The maximum Gasteiger partial charge on any atom is 0.176 e. The Hall–Kier alpha value is -4.35. The van der Waals surface area contributed by atoms with Gasteiger partial charge in [-0.3, -0.25) is 0 Å². The van der Waals surface area contributed by atoms with Gasteiger partial charge in [0.1, 0.15) is 11.4 Å². The summed E-state index contributed by atoms with van der Waals surface area (Å²) >= 11 is 0. The molecule has 0 spiro atoms. The first-order chi connectivity index (χ1) is 18.2. The second-order valence-electron chi connectivity index (χ2n) is 9.22. The maximum atomic E-state index is 15.5. The van der Waals surface area contributed by atoms with E-state index < -0.39 is 7.14 Å². The number of aromatic nitrogens is 6. The average molecular weight is 503 g/mol. The van der Waals surface area contributed by atoms with Crippen LogP contribution < -0.4 is 5.30 Å². The Bertz CT molecular complexity index is 1610. The monoisotopic (exact) mass is 502 g/mol. The van der Waals surface area contributed by atoms with Crippen LogP contribution in [-0.2, 0) is 4.57 Å². The Labute approximate surface area is 214 Å². The van der Waals surface area contributed by atoms with Gasteiger partial charge in [-0.1, -0.05) is 77.2 Å². The molecule has 1 fully saturated rings. The first-order valence-corrected chi connectivity index (χ1v) is 14.0. The number of fused-ring (bicyclic) bond motifs is 1. The van der Waals surface area contributed by atoms with Gasteiger partial charge >= 0.3 is 0 Å². The summed E-state index contributed by atoms with van der Waals surface area (Å²) in [6, 6.07) is 29.5. The molecule has 5 aromatic rings. The predicted octanol–water partition coefficient (Wildman–Crippen LogP) is 5.86. The lowest BCUT2D eigenvalue weighted by Crippen LogP contribution is -2.07. The number of rotatable bonds is 5. The zero-order valence-corrected chi connectivity index (χ0v) is 20.9. The molecule has 1 aliphatic heterocycles. The molecule has 2 aliphatic rings. The van der Waals surface area contributed by atoms with Crippen LogP contribution in [0.4, 0.5) is 0 Å². The van der Waals surface area contributed by atoms with E-state index in [0.717, 1.165) is 57.7 Å². The molecule has 0 bridgehead atoms. The van der Waals surface area contributed by atoms with Crippen molar-refractivity contribution in [3.63, 3.8) is 0 Å². The Balaban J connectivity index is 1.42. The number of nitrogens with zero attached hydrogens (tertiary/aromatic N) is 6. The van der Waals surface area contributed by atoms with Crippen molar-refractivity contribution >= 4 is 23.1 Å². The molecule has 0 N–H and O–H groups in total. The summed E-state index contributed by atoms with van der Waals surface area (Å²) in [5.41, 5.74) is 5.36. The summed E-state index contributed by atoms with van der Waals surface area (Å²) in [5.74, 6) is 0. The molecular weight excluding hydrogens is 479 g/mol. The number of hydrogen-bond donors (Lipinski definition) is 0. The molecule has 0 radical (unpaired) electrons. The molecule has 0 atom stereocenters. The minimum absolute atomic E-state index is 0.649. The van der Waals surface area contributed by atoms with Crippen molar-refractivity contribution in [3.8, 4) is 11.4 Å². The summed E-state index contributed by atoms with van der Waals surface area (Å²) < 4.78 is 19.0. The first kappa shape index (κ1) is 21.9. The van der Waals surface area contributed by atoms with Crippen molar-refractivity contribution in [2.45, 2.75) is 19.3 Å². The summed E-state index contributed by atoms with van der Waals surface area (Å²) in [6.07, 6.45) is 6.51. The van der Waals surface area contributed by atoms with E-state index in [0.29, 0.717) is 11.4 Å². The normalized spacial score (nSPS) is 16.4. The van der Waals surface area contributed by atoms with Crippen LogP contribution in [0.5, 0.6) is 0 Å². The summed E-state index contributed by atoms with van der Waals surface area (Å²) in [4.78, 5) is 0. The van der Waals surface area contributed by atoms with Gasteiger partial charge < -0.3 is 4.57 Å². The Morgan fingerprint density at radius 1 is 0.595 bits per heavy atom. The second kappa shape index (κ2) is 8.64. The molecule has 0 unspecified atom stereocenters. The first-order valence-electron chi connectivity index (χ1n) is 12.3. The Kier molecular flexibility index (Phi) is 5.11. The van der Waals surface area contributed by atoms with Gasteiger partial charge in [0, 0.05) is 5.30 Å². The van der Waals surface area contributed by atoms with Crippen molar-refractivity contribution in [1.29, 1.82) is 0 Å². The van der Waals surface area contributed by atoms with Crippen LogP contribution in [0.25, 0.3) is 22.0 Å². The van der Waals surface area contributed by atoms with Crippen molar-refractivity contribution in [3.05, 3.63) is 126 Å². The lowest BCUT2D eigenvalue weighted by Gasteiger charge is -2.20. The highest BCUT2D eigenvalue weighted by molar-refractivity contribution is 7.90. The standard InChI is InChI=1S/C29H23N6OP/c36-37(23-15-8-3-9-16-23)28(26-19-34(32-30-26)21-11-4-1-5-12-21)24-17-10-18-25(24)29(37)27-20-35(33-31-27)22-13-6-2-7-14-22/h1-9,11-16,19-20H,10,17-18H2. The Morgan fingerprint density at radius 3 is 1.49 bits per heavy atom. The van der Waals surface area contributed by atoms with Crippen LogP contribution >= 0.6 is 7.14 Å². The van der Waals surface area contributed by atoms with Gasteiger partial charge in [0.15, 0.2) is 7.14 Å². The van der Waals surface area contributed by atoms with E-state index in [4.69, 9.17) is 0 Å². The van der Waals surface area contributed by atoms with E-state index in [1.54, 1.807) is 9.36 Å². The van der Waals surface area contributed by atoms with Crippen LogP contribution in [0, 0.1) is 0 Å². The highest BCUT2D eigenvalue weighted by Crippen LogP contribution is 2.75. The molecule has 3 aromatic carbocycles. The van der Waals surface area contributed by atoms with E-state index in [1.165, 1.54) is 0 Å². The molecular formula is C29H23N6OP. The third-order valence-corrected chi connectivity index (χ3v) is 10.3. The zero-order chi connectivity index (χ0) is 24.8. The molecule has 1 aliphatic carbocycles. The number of hydrogen-bond acceptors (Lipinski definition) is 5. The average Bonchev–Trinajstić information content (AvgIpc) is 3.75. The van der Waals surface area contributed by atoms with Crippen molar-refractivity contribution in [1.82, 2.24) is 30.0 Å². The largest absolute Gasteiger partial charge is 0.308 e. The number of benzene rings is 3. The maximum absolute atomic E-state index is 15.5. The molecule has 0 saturated heterocycles. The molecule has 2 aromatic heterocycles. The second-order valence-corrected chi connectivity index (χ2v) is 11.8. The predicted molar refractivity (Wildman–Crippen MR) is 144 cm³/mol. The lowest BCUT2D eigenvalue weighted by molar-refractivity contribution is 0.593. The molecule has 8 heteroatoms. The van der Waals surface area contributed by atoms with Crippen LogP contribution in [0.2, 0.25) is 0 Å². The quantitative estimate of drug-likeness (QED) is 0.282. The fourth-order valence-corrected chi connectivity index (χ4v) is 8.88. The van der Waals surface area contributed by atoms with Gasteiger partial charge in [-0.15, -0.1) is 10.2 Å². The summed E-state index contributed by atoms with van der Waals surface area (Å²) in [5, 5.41) is 20.3. The topological polar surface area (TPSA) is 78.5 Å². The SMILES string of the molecule is O=P1(c2ccccc2)C(c2cn(-c3ccccc3)nn2)=C2CCCC2=C1c1cn(-c2ccccc2)nn1. The Morgan fingerprint density at radius 2 is 1.03 bits per heavy atom. The fraction of sp³-hybridized carbons (Fsp3) is 0.103. The van der Waals surface area contributed by atoms with Crippen LogP contribution in [0.1, 0.15) is 30.7 Å². The molecule has 1 saturated carbocycles. The van der Waals surface area contributed by atoms with Crippen LogP contribution in [-0.4, -0.2) is 30.0 Å². The van der Waals surface area contributed by atoms with Crippen molar-refractivity contribution in [2.75, 3.05) is 0 Å². The molecule has 180 valence electrons. The van der Waals surface area contributed by atoms with E-state index in [2.05, 4.69) is 20.6 Å². The van der Waals surface area contributed by atoms with E-state index in [9.17, 15) is 0 Å². The van der Waals surface area contributed by atoms with Crippen LogP contribution in [0.3, 0.4) is 0 Å². The van der Waals surface area contributed by atoms with E-state index >= 15 is 4.57 Å². The smallest absolute Gasteiger partial charge is 0.176 e. The van der Waals surface area contributed by atoms with Gasteiger partial charge in [0.05, 0.1) is 34.4 Å². The lowest BCUT2D eigenvalue weighted by atomic mass is 10.1. The van der Waals surface area contributed by atoms with Crippen molar-refractivity contribution < 1.29 is 4.57 Å². The van der Waals surface area contributed by atoms with Gasteiger partial charge in [0.25, 0.3) is 0 Å². The van der Waals surface area contributed by atoms with Crippen molar-refractivity contribution in [2.24, 2.45) is 0 Å². The minimum Gasteiger partial charge on any atom is -0.308 e. The van der Waals surface area contributed by atoms with E-state index in [1.807, 2.05) is 103 Å². The third kappa shape index (κ3) is 3.46. The third-order valence-electron chi connectivity index (χ3n) is 7.05. The van der Waals surface area contributed by atoms with E-state index in [-0.39, 0.29) is 0 Å². The molecule has 7 rings (SSSR count). The summed E-state index contributed by atoms with van der Waals surface area (Å²) in [6.45, 7) is 0. The number of para-hydroxylation sites is 2. The van der Waals surface area contributed by atoms with Gasteiger partial charge in [-0.05, 0) is 54.7 Å². The molecule has 37 heavy (non-hydrogen) atoms. The number of allylic oxidation sites excluding steroid dienone is 2. The zero-order valence-electron chi connectivity index (χ0n) is 20.0. The fourth-order valence-electron chi connectivity index (χ4n) is 5.44. The molecule has 7 nitrogen and oxygen atoms in total. The van der Waals surface area contributed by atoms with Gasteiger partial charge in [-0.2, -0.15) is 0 Å². The molecule has 0 amide bonds. The minimum atomic E-state index is -3.29. The van der Waals surface area contributed by atoms with Gasteiger partial charge in [-0.25, -0.2) is 9.36 Å². The highest BCUT2D eigenvalue weighted by atomic mass is 31.2. The molecule has 3 heterocycles. The summed E-state index contributed by atoms with van der Waals surface area (Å²) in [7, 11) is -3.29. The van der Waals surface area contributed by atoms with Crippen LogP contribution in [0.15, 0.2) is 115 Å². The highest BCUT2D eigenvalue weighted by Gasteiger charge is 2.48.